The quantitative estimate of drug-likeness (QED) is 0.777. The average molecular weight is 242 g/mol. The molecule has 0 bridgehead atoms. The molecule has 0 radical (unpaired) electrons. The van der Waals surface area contributed by atoms with E-state index in [0.717, 1.165) is 5.56 Å². The van der Waals surface area contributed by atoms with Gasteiger partial charge in [0.1, 0.15) is 0 Å². The van der Waals surface area contributed by atoms with Crippen molar-refractivity contribution in [2.45, 2.75) is 6.42 Å². The second-order valence-electron chi connectivity index (χ2n) is 3.03. The lowest BCUT2D eigenvalue weighted by Crippen LogP contribution is -2.10. The first-order valence-corrected chi connectivity index (χ1v) is 4.98. The molecule has 86 valence electrons. The fourth-order valence-electron chi connectivity index (χ4n) is 1.17. The molecule has 5 heteroatoms. The van der Waals surface area contributed by atoms with Gasteiger partial charge >= 0.3 is 5.97 Å². The second kappa shape index (κ2) is 6.15. The van der Waals surface area contributed by atoms with Crippen molar-refractivity contribution in [2.75, 3.05) is 7.11 Å². The third-order valence-corrected chi connectivity index (χ3v) is 2.06. The van der Waals surface area contributed by atoms with Gasteiger partial charge in [-0.2, -0.15) is 0 Å². The van der Waals surface area contributed by atoms with Crippen LogP contribution in [-0.4, -0.2) is 18.2 Å². The van der Waals surface area contributed by atoms with Crippen LogP contribution in [0.4, 0.5) is 0 Å². The summed E-state index contributed by atoms with van der Waals surface area (Å²) in [4.78, 5) is 15.2. The summed E-state index contributed by atoms with van der Waals surface area (Å²) in [5.74, 6) is -0.905. The Balaban J connectivity index is 2.92. The number of nitrogens with one attached hydrogen (secondary N) is 1. The van der Waals surface area contributed by atoms with Crippen molar-refractivity contribution in [3.05, 3.63) is 40.9 Å². The summed E-state index contributed by atoms with van der Waals surface area (Å²) in [5.41, 5.74) is 3.97. The van der Waals surface area contributed by atoms with Crippen LogP contribution in [0.3, 0.4) is 0 Å². The van der Waals surface area contributed by atoms with Gasteiger partial charge in [0.2, 0.25) is 0 Å². The molecule has 0 saturated heterocycles. The molecule has 16 heavy (non-hydrogen) atoms. The molecule has 0 spiro atoms. The van der Waals surface area contributed by atoms with Crippen LogP contribution < -0.4 is 5.48 Å². The summed E-state index contributed by atoms with van der Waals surface area (Å²) in [6, 6.07) is 7.06. The van der Waals surface area contributed by atoms with Crippen molar-refractivity contribution >= 4 is 23.3 Å². The maximum Gasteiger partial charge on any atom is 0.307 e. The van der Waals surface area contributed by atoms with Gasteiger partial charge in [0.25, 0.3) is 0 Å². The zero-order valence-electron chi connectivity index (χ0n) is 8.74. The van der Waals surface area contributed by atoms with E-state index < -0.39 is 5.97 Å². The Morgan fingerprint density at radius 2 is 2.38 bits per heavy atom. The zero-order valence-corrected chi connectivity index (χ0v) is 9.49. The molecule has 0 amide bonds. The zero-order chi connectivity index (χ0) is 12.0. The number of rotatable bonds is 5. The van der Waals surface area contributed by atoms with Crippen LogP contribution in [-0.2, 0) is 9.63 Å². The Labute approximate surface area is 98.4 Å². The number of benzene rings is 1. The summed E-state index contributed by atoms with van der Waals surface area (Å²) in [6.07, 6.45) is 1.44. The first-order chi connectivity index (χ1) is 7.63. The highest BCUT2D eigenvalue weighted by atomic mass is 35.5. The van der Waals surface area contributed by atoms with Gasteiger partial charge in [0, 0.05) is 10.6 Å². The smallest absolute Gasteiger partial charge is 0.307 e. The minimum Gasteiger partial charge on any atom is -0.481 e. The Bertz CT molecular complexity index is 404. The fourth-order valence-corrected chi connectivity index (χ4v) is 1.36. The summed E-state index contributed by atoms with van der Waals surface area (Å²) >= 11 is 5.84. The summed E-state index contributed by atoms with van der Waals surface area (Å²) in [6.45, 7) is 0. The van der Waals surface area contributed by atoms with E-state index in [1.54, 1.807) is 18.2 Å². The number of hydroxylamine groups is 1. The van der Waals surface area contributed by atoms with Gasteiger partial charge in [-0.3, -0.25) is 15.1 Å². The largest absolute Gasteiger partial charge is 0.481 e. The van der Waals surface area contributed by atoms with Gasteiger partial charge in [-0.1, -0.05) is 23.7 Å². The van der Waals surface area contributed by atoms with Crippen LogP contribution >= 0.6 is 11.6 Å². The van der Waals surface area contributed by atoms with Crippen molar-refractivity contribution in [2.24, 2.45) is 0 Å². The molecule has 2 N–H and O–H groups in total. The summed E-state index contributed by atoms with van der Waals surface area (Å²) in [5, 5.41) is 9.17. The monoisotopic (exact) mass is 241 g/mol. The summed E-state index contributed by atoms with van der Waals surface area (Å²) < 4.78 is 0. The molecule has 1 rings (SSSR count). The van der Waals surface area contributed by atoms with Gasteiger partial charge in [-0.15, -0.1) is 0 Å². The lowest BCUT2D eigenvalue weighted by Gasteiger charge is -2.08. The standard InChI is InChI=1S/C11H12ClNO3/c1-16-13-10(5-6-11(14)15)8-3-2-4-9(12)7-8/h2-5,7,13H,6H2,1H3,(H,14,15). The first kappa shape index (κ1) is 12.5. The molecule has 1 aromatic carbocycles. The van der Waals surface area contributed by atoms with Crippen molar-refractivity contribution in [1.82, 2.24) is 5.48 Å². The van der Waals surface area contributed by atoms with E-state index in [-0.39, 0.29) is 6.42 Å². The highest BCUT2D eigenvalue weighted by molar-refractivity contribution is 6.30. The molecule has 0 aliphatic rings. The molecule has 0 fully saturated rings. The van der Waals surface area contributed by atoms with Gasteiger partial charge in [-0.25, -0.2) is 0 Å². The number of carboxylic acids is 1. The highest BCUT2D eigenvalue weighted by Crippen LogP contribution is 2.17. The van der Waals surface area contributed by atoms with Gasteiger partial charge in [0.05, 0.1) is 19.2 Å². The number of hydrogen-bond donors (Lipinski definition) is 2. The van der Waals surface area contributed by atoms with Crippen LogP contribution in [0.2, 0.25) is 5.02 Å². The van der Waals surface area contributed by atoms with Crippen LogP contribution in [0.25, 0.3) is 5.70 Å². The van der Waals surface area contributed by atoms with E-state index in [0.29, 0.717) is 10.7 Å². The van der Waals surface area contributed by atoms with Gasteiger partial charge < -0.3 is 5.11 Å². The minimum absolute atomic E-state index is 0.0851. The normalized spacial score (nSPS) is 11.2. The maximum absolute atomic E-state index is 10.5. The Hall–Kier alpha value is -1.52. The molecule has 0 atom stereocenters. The third kappa shape index (κ3) is 3.92. The van der Waals surface area contributed by atoms with Crippen LogP contribution in [0.15, 0.2) is 30.3 Å². The van der Waals surface area contributed by atoms with Crippen molar-refractivity contribution in [1.29, 1.82) is 0 Å². The molecular formula is C11H12ClNO3. The lowest BCUT2D eigenvalue weighted by atomic mass is 10.1. The van der Waals surface area contributed by atoms with Crippen molar-refractivity contribution < 1.29 is 14.7 Å². The molecule has 1 aromatic rings. The molecule has 0 aliphatic carbocycles. The number of carbonyl (C=O) groups is 1. The van der Waals surface area contributed by atoms with E-state index in [4.69, 9.17) is 21.5 Å². The fraction of sp³-hybridized carbons (Fsp3) is 0.182. The topological polar surface area (TPSA) is 58.6 Å². The lowest BCUT2D eigenvalue weighted by molar-refractivity contribution is -0.136. The molecule has 0 heterocycles. The average Bonchev–Trinajstić information content (AvgIpc) is 2.24. The summed E-state index contributed by atoms with van der Waals surface area (Å²) in [7, 11) is 1.46. The van der Waals surface area contributed by atoms with Crippen LogP contribution in [0, 0.1) is 0 Å². The Kier molecular flexibility index (Phi) is 4.82. The molecule has 0 unspecified atom stereocenters. The highest BCUT2D eigenvalue weighted by Gasteiger charge is 2.03. The van der Waals surface area contributed by atoms with E-state index in [1.165, 1.54) is 13.2 Å². The first-order valence-electron chi connectivity index (χ1n) is 4.60. The molecular weight excluding hydrogens is 230 g/mol. The number of carboxylic acid groups (broad SMARTS) is 1. The van der Waals surface area contributed by atoms with Gasteiger partial charge in [0.15, 0.2) is 0 Å². The molecule has 0 aliphatic heterocycles. The number of halogens is 1. The SMILES string of the molecule is CONC(=CCC(=O)O)c1cccc(Cl)c1. The third-order valence-electron chi connectivity index (χ3n) is 1.83. The number of aliphatic carboxylic acids is 1. The predicted octanol–water partition coefficient (Wildman–Crippen LogP) is 2.31. The van der Waals surface area contributed by atoms with Crippen LogP contribution in [0.1, 0.15) is 12.0 Å². The Morgan fingerprint density at radius 1 is 1.62 bits per heavy atom. The van der Waals surface area contributed by atoms with Crippen LogP contribution in [0.5, 0.6) is 0 Å². The molecule has 4 nitrogen and oxygen atoms in total. The number of hydrogen-bond acceptors (Lipinski definition) is 3. The minimum atomic E-state index is -0.905. The predicted molar refractivity (Wildman–Crippen MR) is 61.8 cm³/mol. The Morgan fingerprint density at radius 3 is 2.94 bits per heavy atom. The van der Waals surface area contributed by atoms with E-state index in [1.807, 2.05) is 6.07 Å². The van der Waals surface area contributed by atoms with E-state index in [9.17, 15) is 4.79 Å². The van der Waals surface area contributed by atoms with Crippen molar-refractivity contribution in [3.8, 4) is 0 Å². The maximum atomic E-state index is 10.5. The van der Waals surface area contributed by atoms with Crippen molar-refractivity contribution in [3.63, 3.8) is 0 Å². The molecule has 0 saturated carbocycles. The second-order valence-corrected chi connectivity index (χ2v) is 3.47. The molecule has 0 aromatic heterocycles. The van der Waals surface area contributed by atoms with E-state index in [2.05, 4.69) is 5.48 Å². The van der Waals surface area contributed by atoms with Gasteiger partial charge in [-0.05, 0) is 18.2 Å². The van der Waals surface area contributed by atoms with E-state index >= 15 is 0 Å².